The van der Waals surface area contributed by atoms with Crippen LogP contribution in [0, 0.1) is 25.7 Å². The molecule has 0 bridgehead atoms. The molecule has 0 aliphatic rings. The summed E-state index contributed by atoms with van der Waals surface area (Å²) in [7, 11) is 0. The zero-order valence-corrected chi connectivity index (χ0v) is 18.3. The van der Waals surface area contributed by atoms with Gasteiger partial charge in [-0.3, -0.25) is 0 Å². The first-order valence-corrected chi connectivity index (χ1v) is 10.4. The third-order valence-corrected chi connectivity index (χ3v) is 5.43. The Hall–Kier alpha value is -1.56. The highest BCUT2D eigenvalue weighted by atomic mass is 14.2. The highest BCUT2D eigenvalue weighted by Crippen LogP contribution is 2.28. The number of rotatable bonds is 6. The lowest BCUT2D eigenvalue weighted by Crippen LogP contribution is -2.05. The molecule has 0 radical (unpaired) electrons. The van der Waals surface area contributed by atoms with Crippen LogP contribution in [0.5, 0.6) is 0 Å². The Bertz CT molecular complexity index is 578. The van der Waals surface area contributed by atoms with Gasteiger partial charge in [0, 0.05) is 0 Å². The predicted octanol–water partition coefficient (Wildman–Crippen LogP) is 8.29. The summed E-state index contributed by atoms with van der Waals surface area (Å²) in [6.07, 6.45) is 2.47. The molecule has 0 aliphatic carbocycles. The van der Waals surface area contributed by atoms with E-state index in [1.54, 1.807) is 0 Å². The second-order valence-electron chi connectivity index (χ2n) is 8.35. The fourth-order valence-corrected chi connectivity index (χ4v) is 3.99. The molecule has 144 valence electrons. The Morgan fingerprint density at radius 2 is 0.962 bits per heavy atom. The molecule has 0 saturated heterocycles. The van der Waals surface area contributed by atoms with E-state index in [1.807, 2.05) is 0 Å². The molecule has 0 aliphatic heterocycles. The SMILES string of the molecule is CCC(c1cccc(C)c1)C(C)C.CCC(c1cccc(C)c1)C(C)C. The molecule has 2 aromatic rings. The van der Waals surface area contributed by atoms with Crippen molar-refractivity contribution in [3.8, 4) is 0 Å². The maximum absolute atomic E-state index is 2.31. The monoisotopic (exact) mass is 352 g/mol. The minimum absolute atomic E-state index is 0.722. The Morgan fingerprint density at radius 3 is 1.19 bits per heavy atom. The van der Waals surface area contributed by atoms with Crippen molar-refractivity contribution in [2.24, 2.45) is 11.8 Å². The van der Waals surface area contributed by atoms with Gasteiger partial charge in [0.2, 0.25) is 0 Å². The van der Waals surface area contributed by atoms with Crippen molar-refractivity contribution in [3.63, 3.8) is 0 Å². The molecule has 2 rings (SSSR count). The Morgan fingerprint density at radius 1 is 0.615 bits per heavy atom. The average Bonchev–Trinajstić information content (AvgIpc) is 2.56. The van der Waals surface area contributed by atoms with Crippen molar-refractivity contribution in [3.05, 3.63) is 70.8 Å². The van der Waals surface area contributed by atoms with Gasteiger partial charge in [-0.15, -0.1) is 0 Å². The Kier molecular flexibility index (Phi) is 9.70. The largest absolute Gasteiger partial charge is 0.0648 e. The summed E-state index contributed by atoms with van der Waals surface area (Å²) in [5, 5.41) is 0. The summed E-state index contributed by atoms with van der Waals surface area (Å²) in [4.78, 5) is 0. The zero-order valence-electron chi connectivity index (χ0n) is 18.3. The average molecular weight is 353 g/mol. The molecule has 0 spiro atoms. The van der Waals surface area contributed by atoms with Gasteiger partial charge in [0.05, 0.1) is 0 Å². The van der Waals surface area contributed by atoms with Crippen LogP contribution in [-0.2, 0) is 0 Å². The standard InChI is InChI=1S/2C13H20/c2*1-5-13(10(2)3)12-8-6-7-11(4)9-12/h2*6-10,13H,5H2,1-4H3. The van der Waals surface area contributed by atoms with Gasteiger partial charge in [0.15, 0.2) is 0 Å². The molecule has 26 heavy (non-hydrogen) atoms. The van der Waals surface area contributed by atoms with Gasteiger partial charge in [-0.1, -0.05) is 101 Å². The van der Waals surface area contributed by atoms with Gasteiger partial charge < -0.3 is 0 Å². The fraction of sp³-hybridized carbons (Fsp3) is 0.538. The summed E-state index contributed by atoms with van der Waals surface area (Å²) in [6.45, 7) is 18.1. The Labute approximate surface area is 163 Å². The number of aryl methyl sites for hydroxylation is 2. The lowest BCUT2D eigenvalue weighted by molar-refractivity contribution is 0.485. The van der Waals surface area contributed by atoms with E-state index in [9.17, 15) is 0 Å². The van der Waals surface area contributed by atoms with E-state index >= 15 is 0 Å². The van der Waals surface area contributed by atoms with E-state index in [0.29, 0.717) is 0 Å². The summed E-state index contributed by atoms with van der Waals surface area (Å²) < 4.78 is 0. The first-order chi connectivity index (χ1) is 12.3. The van der Waals surface area contributed by atoms with Gasteiger partial charge in [-0.25, -0.2) is 0 Å². The molecule has 0 heteroatoms. The quantitative estimate of drug-likeness (QED) is 0.490. The second kappa shape index (κ2) is 11.2. The smallest absolute Gasteiger partial charge is 0.0141 e. The van der Waals surface area contributed by atoms with E-state index in [1.165, 1.54) is 35.1 Å². The third kappa shape index (κ3) is 6.98. The van der Waals surface area contributed by atoms with Crippen LogP contribution in [0.4, 0.5) is 0 Å². The van der Waals surface area contributed by atoms with Crippen molar-refractivity contribution in [1.29, 1.82) is 0 Å². The Balaban J connectivity index is 0.000000260. The second-order valence-corrected chi connectivity index (χ2v) is 8.35. The van der Waals surface area contributed by atoms with Crippen LogP contribution in [0.25, 0.3) is 0 Å². The molecule has 0 N–H and O–H groups in total. The van der Waals surface area contributed by atoms with Crippen molar-refractivity contribution >= 4 is 0 Å². The van der Waals surface area contributed by atoms with Crippen LogP contribution < -0.4 is 0 Å². The topological polar surface area (TPSA) is 0 Å². The highest BCUT2D eigenvalue weighted by Gasteiger charge is 2.13. The third-order valence-electron chi connectivity index (χ3n) is 5.43. The van der Waals surface area contributed by atoms with E-state index in [-0.39, 0.29) is 0 Å². The summed E-state index contributed by atoms with van der Waals surface area (Å²) in [5.74, 6) is 2.93. The first kappa shape index (κ1) is 22.5. The van der Waals surface area contributed by atoms with E-state index in [0.717, 1.165) is 23.7 Å². The fourth-order valence-electron chi connectivity index (χ4n) is 3.99. The number of hydrogen-bond acceptors (Lipinski definition) is 0. The summed E-state index contributed by atoms with van der Waals surface area (Å²) in [5.41, 5.74) is 5.74. The molecule has 2 atom stereocenters. The molecule has 0 nitrogen and oxygen atoms in total. The van der Waals surface area contributed by atoms with Gasteiger partial charge in [0.25, 0.3) is 0 Å². The van der Waals surface area contributed by atoms with Gasteiger partial charge in [0.1, 0.15) is 0 Å². The lowest BCUT2D eigenvalue weighted by atomic mass is 9.86. The van der Waals surface area contributed by atoms with Crippen molar-refractivity contribution in [2.75, 3.05) is 0 Å². The van der Waals surface area contributed by atoms with Gasteiger partial charge in [-0.05, 0) is 61.5 Å². The molecule has 0 fully saturated rings. The number of hydrogen-bond donors (Lipinski definition) is 0. The maximum atomic E-state index is 2.31. The van der Waals surface area contributed by atoms with E-state index < -0.39 is 0 Å². The molecule has 0 amide bonds. The van der Waals surface area contributed by atoms with Crippen LogP contribution >= 0.6 is 0 Å². The van der Waals surface area contributed by atoms with Gasteiger partial charge in [-0.2, -0.15) is 0 Å². The van der Waals surface area contributed by atoms with Crippen LogP contribution in [0.2, 0.25) is 0 Å². The van der Waals surface area contributed by atoms with Crippen molar-refractivity contribution in [2.45, 2.75) is 80.1 Å². The van der Waals surface area contributed by atoms with Crippen molar-refractivity contribution in [1.82, 2.24) is 0 Å². The highest BCUT2D eigenvalue weighted by molar-refractivity contribution is 5.26. The molecule has 2 aromatic carbocycles. The van der Waals surface area contributed by atoms with E-state index in [4.69, 9.17) is 0 Å². The molecule has 0 heterocycles. The van der Waals surface area contributed by atoms with E-state index in [2.05, 4.69) is 104 Å². The lowest BCUT2D eigenvalue weighted by Gasteiger charge is -2.19. The minimum Gasteiger partial charge on any atom is -0.0648 e. The number of benzene rings is 2. The van der Waals surface area contributed by atoms with Crippen LogP contribution in [0.15, 0.2) is 48.5 Å². The minimum atomic E-state index is 0.722. The van der Waals surface area contributed by atoms with Crippen LogP contribution in [0.3, 0.4) is 0 Å². The van der Waals surface area contributed by atoms with Crippen LogP contribution in [0.1, 0.15) is 88.5 Å². The first-order valence-electron chi connectivity index (χ1n) is 10.4. The molecule has 0 aromatic heterocycles. The molecular weight excluding hydrogens is 312 g/mol. The zero-order chi connectivity index (χ0) is 19.7. The van der Waals surface area contributed by atoms with Gasteiger partial charge >= 0.3 is 0 Å². The predicted molar refractivity (Wildman–Crippen MR) is 118 cm³/mol. The summed E-state index contributed by atoms with van der Waals surface area (Å²) in [6, 6.07) is 17.8. The summed E-state index contributed by atoms with van der Waals surface area (Å²) >= 11 is 0. The molecular formula is C26H40. The normalized spacial score (nSPS) is 13.3. The molecule has 2 unspecified atom stereocenters. The molecule has 0 saturated carbocycles. The van der Waals surface area contributed by atoms with Crippen molar-refractivity contribution < 1.29 is 0 Å². The van der Waals surface area contributed by atoms with Crippen LogP contribution in [-0.4, -0.2) is 0 Å². The maximum Gasteiger partial charge on any atom is -0.0141 e.